The van der Waals surface area contributed by atoms with E-state index in [0.29, 0.717) is 0 Å². The zero-order valence-corrected chi connectivity index (χ0v) is 9.84. The Kier molecular flexibility index (Phi) is 4.71. The normalized spacial score (nSPS) is 10.6. The van der Waals surface area contributed by atoms with E-state index >= 15 is 0 Å². The summed E-state index contributed by atoms with van der Waals surface area (Å²) in [6.45, 7) is 3.50. The molecule has 0 bridgehead atoms. The second-order valence-electron chi connectivity index (χ2n) is 3.50. The molecule has 1 rings (SSSR count). The van der Waals surface area contributed by atoms with Crippen LogP contribution in [0.4, 0.5) is 10.1 Å². The molecule has 1 aromatic carbocycles. The van der Waals surface area contributed by atoms with Gasteiger partial charge in [0, 0.05) is 0 Å². The van der Waals surface area contributed by atoms with E-state index in [4.69, 9.17) is 16.3 Å². The molecule has 0 aliphatic heterocycles. The minimum atomic E-state index is -0.564. The van der Waals surface area contributed by atoms with E-state index < -0.39 is 11.7 Å². The molecule has 16 heavy (non-hydrogen) atoms. The Labute approximate surface area is 98.5 Å². The molecule has 1 N–H and O–H groups in total. The highest BCUT2D eigenvalue weighted by atomic mass is 35.5. The van der Waals surface area contributed by atoms with Crippen LogP contribution >= 0.6 is 11.6 Å². The third kappa shape index (κ3) is 3.79. The van der Waals surface area contributed by atoms with Crippen LogP contribution in [-0.2, 0) is 9.53 Å². The standard InChI is InChI=1S/C11H13ClFNO2/c1-7(2)16-6-10(15)14-11-8(12)4-3-5-9(11)13/h3-5,7H,6H2,1-2H3,(H,14,15). The van der Waals surface area contributed by atoms with Gasteiger partial charge in [0.1, 0.15) is 12.4 Å². The maximum absolute atomic E-state index is 13.3. The summed E-state index contributed by atoms with van der Waals surface area (Å²) in [6, 6.07) is 4.20. The first-order valence-corrected chi connectivity index (χ1v) is 5.24. The van der Waals surface area contributed by atoms with Gasteiger partial charge in [0.15, 0.2) is 0 Å². The quantitative estimate of drug-likeness (QED) is 0.886. The van der Waals surface area contributed by atoms with Crippen molar-refractivity contribution < 1.29 is 13.9 Å². The molecule has 0 radical (unpaired) electrons. The van der Waals surface area contributed by atoms with Crippen molar-refractivity contribution in [3.05, 3.63) is 29.0 Å². The third-order valence-electron chi connectivity index (χ3n) is 1.77. The van der Waals surface area contributed by atoms with E-state index in [2.05, 4.69) is 5.32 Å². The summed E-state index contributed by atoms with van der Waals surface area (Å²) >= 11 is 5.74. The molecule has 0 heterocycles. The van der Waals surface area contributed by atoms with Crippen molar-refractivity contribution in [2.24, 2.45) is 0 Å². The number of ether oxygens (including phenoxy) is 1. The smallest absolute Gasteiger partial charge is 0.250 e. The predicted octanol–water partition coefficient (Wildman–Crippen LogP) is 2.84. The van der Waals surface area contributed by atoms with Crippen LogP contribution in [0.25, 0.3) is 0 Å². The number of benzene rings is 1. The first-order chi connectivity index (χ1) is 7.50. The van der Waals surface area contributed by atoms with Crippen LogP contribution in [-0.4, -0.2) is 18.6 Å². The highest BCUT2D eigenvalue weighted by Crippen LogP contribution is 2.24. The maximum Gasteiger partial charge on any atom is 0.250 e. The summed E-state index contributed by atoms with van der Waals surface area (Å²) in [5.41, 5.74) is -0.0125. The second kappa shape index (κ2) is 5.82. The topological polar surface area (TPSA) is 38.3 Å². The Balaban J connectivity index is 2.63. The second-order valence-corrected chi connectivity index (χ2v) is 3.91. The summed E-state index contributed by atoms with van der Waals surface area (Å²) in [7, 11) is 0. The molecule has 0 unspecified atom stereocenters. The van der Waals surface area contributed by atoms with Crippen molar-refractivity contribution >= 4 is 23.2 Å². The van der Waals surface area contributed by atoms with Gasteiger partial charge >= 0.3 is 0 Å². The highest BCUT2D eigenvalue weighted by molar-refractivity contribution is 6.33. The molecule has 0 aliphatic carbocycles. The predicted molar refractivity (Wildman–Crippen MR) is 61.1 cm³/mol. The fraction of sp³-hybridized carbons (Fsp3) is 0.364. The number of para-hydroxylation sites is 1. The molecule has 0 aliphatic rings. The Morgan fingerprint density at radius 3 is 2.81 bits per heavy atom. The van der Waals surface area contributed by atoms with E-state index in [1.54, 1.807) is 0 Å². The lowest BCUT2D eigenvalue weighted by molar-refractivity contribution is -0.121. The first-order valence-electron chi connectivity index (χ1n) is 4.86. The largest absolute Gasteiger partial charge is 0.369 e. The van der Waals surface area contributed by atoms with Gasteiger partial charge in [-0.3, -0.25) is 4.79 Å². The summed E-state index contributed by atoms with van der Waals surface area (Å²) in [5.74, 6) is -0.994. The molecular weight excluding hydrogens is 233 g/mol. The van der Waals surface area contributed by atoms with E-state index in [1.165, 1.54) is 18.2 Å². The van der Waals surface area contributed by atoms with Crippen LogP contribution in [0, 0.1) is 5.82 Å². The zero-order valence-electron chi connectivity index (χ0n) is 9.09. The van der Waals surface area contributed by atoms with Gasteiger partial charge in [-0.1, -0.05) is 17.7 Å². The molecule has 0 spiro atoms. The Hall–Kier alpha value is -1.13. The van der Waals surface area contributed by atoms with E-state index in [-0.39, 0.29) is 23.4 Å². The number of anilines is 1. The zero-order chi connectivity index (χ0) is 12.1. The Morgan fingerprint density at radius 1 is 1.56 bits per heavy atom. The number of carbonyl (C=O) groups excluding carboxylic acids is 1. The first kappa shape index (κ1) is 12.9. The molecular formula is C11H13ClFNO2. The van der Waals surface area contributed by atoms with E-state index in [1.807, 2.05) is 13.8 Å². The van der Waals surface area contributed by atoms with Crippen molar-refractivity contribution in [2.45, 2.75) is 20.0 Å². The average Bonchev–Trinajstić information content (AvgIpc) is 2.21. The molecule has 88 valence electrons. The molecule has 0 fully saturated rings. The summed E-state index contributed by atoms with van der Waals surface area (Å²) in [6.07, 6.45) is -0.0538. The lowest BCUT2D eigenvalue weighted by Crippen LogP contribution is -2.21. The van der Waals surface area contributed by atoms with Gasteiger partial charge in [-0.15, -0.1) is 0 Å². The minimum absolute atomic E-state index is 0.0125. The van der Waals surface area contributed by atoms with Gasteiger partial charge in [-0.2, -0.15) is 0 Å². The lowest BCUT2D eigenvalue weighted by Gasteiger charge is -2.10. The van der Waals surface area contributed by atoms with Gasteiger partial charge in [-0.25, -0.2) is 4.39 Å². The number of hydrogen-bond acceptors (Lipinski definition) is 2. The number of nitrogens with one attached hydrogen (secondary N) is 1. The summed E-state index contributed by atoms with van der Waals surface area (Å²) < 4.78 is 18.3. The van der Waals surface area contributed by atoms with Gasteiger partial charge in [0.05, 0.1) is 16.8 Å². The molecule has 0 aromatic heterocycles. The third-order valence-corrected chi connectivity index (χ3v) is 2.09. The van der Waals surface area contributed by atoms with E-state index in [0.717, 1.165) is 0 Å². The van der Waals surface area contributed by atoms with Crippen molar-refractivity contribution in [3.8, 4) is 0 Å². The SMILES string of the molecule is CC(C)OCC(=O)Nc1c(F)cccc1Cl. The van der Waals surface area contributed by atoms with Crippen LogP contribution in [0.1, 0.15) is 13.8 Å². The van der Waals surface area contributed by atoms with Crippen molar-refractivity contribution in [3.63, 3.8) is 0 Å². The highest BCUT2D eigenvalue weighted by Gasteiger charge is 2.10. The molecule has 3 nitrogen and oxygen atoms in total. The fourth-order valence-electron chi connectivity index (χ4n) is 1.04. The molecule has 1 amide bonds. The molecule has 0 saturated heterocycles. The Bertz CT molecular complexity index is 362. The molecule has 0 saturated carbocycles. The number of rotatable bonds is 4. The van der Waals surface area contributed by atoms with Crippen LogP contribution in [0.5, 0.6) is 0 Å². The van der Waals surface area contributed by atoms with Crippen molar-refractivity contribution in [2.75, 3.05) is 11.9 Å². The van der Waals surface area contributed by atoms with Gasteiger partial charge in [0.2, 0.25) is 5.91 Å². The number of carbonyl (C=O) groups is 1. The summed E-state index contributed by atoms with van der Waals surface area (Å²) in [5, 5.41) is 2.53. The van der Waals surface area contributed by atoms with Crippen molar-refractivity contribution in [1.29, 1.82) is 0 Å². The fourth-order valence-corrected chi connectivity index (χ4v) is 1.25. The number of hydrogen-bond donors (Lipinski definition) is 1. The average molecular weight is 246 g/mol. The van der Waals surface area contributed by atoms with Crippen LogP contribution in [0.15, 0.2) is 18.2 Å². The van der Waals surface area contributed by atoms with Crippen LogP contribution in [0.2, 0.25) is 5.02 Å². The van der Waals surface area contributed by atoms with Crippen LogP contribution < -0.4 is 5.32 Å². The number of halogens is 2. The molecule has 1 aromatic rings. The van der Waals surface area contributed by atoms with Gasteiger partial charge in [-0.05, 0) is 26.0 Å². The van der Waals surface area contributed by atoms with Gasteiger partial charge < -0.3 is 10.1 Å². The minimum Gasteiger partial charge on any atom is -0.369 e. The van der Waals surface area contributed by atoms with Gasteiger partial charge in [0.25, 0.3) is 0 Å². The lowest BCUT2D eigenvalue weighted by atomic mass is 10.3. The monoisotopic (exact) mass is 245 g/mol. The number of amides is 1. The molecule has 5 heteroatoms. The maximum atomic E-state index is 13.3. The summed E-state index contributed by atoms with van der Waals surface area (Å²) in [4.78, 5) is 11.4. The van der Waals surface area contributed by atoms with Crippen LogP contribution in [0.3, 0.4) is 0 Å². The Morgan fingerprint density at radius 2 is 2.25 bits per heavy atom. The molecule has 0 atom stereocenters. The van der Waals surface area contributed by atoms with E-state index in [9.17, 15) is 9.18 Å². The van der Waals surface area contributed by atoms with Crippen molar-refractivity contribution in [1.82, 2.24) is 0 Å².